The van der Waals surface area contributed by atoms with Gasteiger partial charge in [-0.2, -0.15) is 0 Å². The molecule has 0 bridgehead atoms. The van der Waals surface area contributed by atoms with E-state index in [2.05, 4.69) is 4.72 Å². The molecule has 0 spiro atoms. The van der Waals surface area contributed by atoms with Crippen LogP contribution in [0.25, 0.3) is 0 Å². The summed E-state index contributed by atoms with van der Waals surface area (Å²) in [6, 6.07) is 9.57. The first-order valence-electron chi connectivity index (χ1n) is 6.90. The summed E-state index contributed by atoms with van der Waals surface area (Å²) in [5.74, 6) is -1.06. The maximum absolute atomic E-state index is 13.1. The highest BCUT2D eigenvalue weighted by Gasteiger charge is 2.20. The van der Waals surface area contributed by atoms with Crippen LogP contribution in [-0.4, -0.2) is 28.5 Å². The first-order chi connectivity index (χ1) is 11.4. The Bertz CT molecular complexity index is 851. The number of carbonyl (C=O) groups excluding carboxylic acids is 1. The van der Waals surface area contributed by atoms with Gasteiger partial charge in [0.05, 0.1) is 12.7 Å². The zero-order valence-electron chi connectivity index (χ0n) is 13.1. The largest absolute Gasteiger partial charge is 0.495 e. The lowest BCUT2D eigenvalue weighted by molar-refractivity contribution is 0.0472. The van der Waals surface area contributed by atoms with Crippen LogP contribution in [0, 0.1) is 5.82 Å². The summed E-state index contributed by atoms with van der Waals surface area (Å²) in [6.07, 6.45) is 0. The van der Waals surface area contributed by atoms with E-state index in [0.717, 1.165) is 0 Å². The molecule has 0 aliphatic carbocycles. The maximum Gasteiger partial charge on any atom is 0.338 e. The van der Waals surface area contributed by atoms with Crippen LogP contribution >= 0.6 is 0 Å². The van der Waals surface area contributed by atoms with E-state index in [1.54, 1.807) is 6.07 Å². The molecule has 0 atom stereocenters. The highest BCUT2D eigenvalue weighted by molar-refractivity contribution is 7.89. The molecule has 0 heterocycles. The summed E-state index contributed by atoms with van der Waals surface area (Å²) in [6.45, 7) is -0.128. The second-order valence-corrected chi connectivity index (χ2v) is 6.63. The van der Waals surface area contributed by atoms with Crippen LogP contribution in [0.2, 0.25) is 0 Å². The molecule has 0 saturated heterocycles. The van der Waals surface area contributed by atoms with Crippen LogP contribution in [0.1, 0.15) is 15.9 Å². The van der Waals surface area contributed by atoms with E-state index in [0.29, 0.717) is 5.56 Å². The second-order valence-electron chi connectivity index (χ2n) is 4.78. The predicted molar refractivity (Wildman–Crippen MR) is 84.8 cm³/mol. The van der Waals surface area contributed by atoms with Crippen LogP contribution < -0.4 is 9.46 Å². The zero-order chi connectivity index (χ0) is 17.7. The van der Waals surface area contributed by atoms with Crippen molar-refractivity contribution in [2.24, 2.45) is 0 Å². The number of benzene rings is 2. The van der Waals surface area contributed by atoms with Gasteiger partial charge in [0.15, 0.2) is 0 Å². The molecular formula is C16H16FNO5S. The molecule has 0 radical (unpaired) electrons. The molecule has 6 nitrogen and oxygen atoms in total. The van der Waals surface area contributed by atoms with Crippen LogP contribution in [0.3, 0.4) is 0 Å². The number of nitrogens with one attached hydrogen (secondary N) is 1. The first-order valence-corrected chi connectivity index (χ1v) is 8.39. The van der Waals surface area contributed by atoms with Gasteiger partial charge in [0.2, 0.25) is 10.0 Å². The third kappa shape index (κ3) is 4.09. The van der Waals surface area contributed by atoms with Crippen molar-refractivity contribution in [2.45, 2.75) is 11.5 Å². The van der Waals surface area contributed by atoms with Crippen molar-refractivity contribution in [3.05, 3.63) is 59.4 Å². The molecule has 0 aromatic heterocycles. The van der Waals surface area contributed by atoms with Gasteiger partial charge in [0.25, 0.3) is 0 Å². The monoisotopic (exact) mass is 353 g/mol. The lowest BCUT2D eigenvalue weighted by Gasteiger charge is -2.11. The average molecular weight is 353 g/mol. The van der Waals surface area contributed by atoms with Crippen molar-refractivity contribution in [2.75, 3.05) is 14.2 Å². The number of hydrogen-bond acceptors (Lipinski definition) is 5. The molecule has 8 heteroatoms. The Labute approximate surface area is 139 Å². The van der Waals surface area contributed by atoms with Gasteiger partial charge < -0.3 is 9.47 Å². The van der Waals surface area contributed by atoms with Gasteiger partial charge >= 0.3 is 5.97 Å². The summed E-state index contributed by atoms with van der Waals surface area (Å²) >= 11 is 0. The van der Waals surface area contributed by atoms with Crippen molar-refractivity contribution in [1.29, 1.82) is 0 Å². The van der Waals surface area contributed by atoms with Gasteiger partial charge in [0, 0.05) is 0 Å². The second kappa shape index (κ2) is 7.41. The Morgan fingerprint density at radius 1 is 1.21 bits per heavy atom. The number of ether oxygens (including phenoxy) is 2. The Hall–Kier alpha value is -2.45. The minimum atomic E-state index is -3.80. The highest BCUT2D eigenvalue weighted by atomic mass is 32.2. The zero-order valence-corrected chi connectivity index (χ0v) is 13.9. The Kier molecular flexibility index (Phi) is 5.53. The number of hydrogen-bond donors (Lipinski definition) is 1. The molecule has 0 aliphatic rings. The number of carbonyl (C=O) groups is 1. The van der Waals surface area contributed by atoms with E-state index in [4.69, 9.17) is 9.47 Å². The van der Waals surface area contributed by atoms with Crippen molar-refractivity contribution in [3.63, 3.8) is 0 Å². The fourth-order valence-electron chi connectivity index (χ4n) is 1.98. The molecule has 0 unspecified atom stereocenters. The van der Waals surface area contributed by atoms with E-state index in [1.165, 1.54) is 50.6 Å². The van der Waals surface area contributed by atoms with Crippen LogP contribution in [0.15, 0.2) is 47.4 Å². The fraction of sp³-hybridized carbons (Fsp3) is 0.188. The average Bonchev–Trinajstić information content (AvgIpc) is 2.59. The van der Waals surface area contributed by atoms with Crippen molar-refractivity contribution in [1.82, 2.24) is 4.72 Å². The van der Waals surface area contributed by atoms with Gasteiger partial charge in [-0.05, 0) is 42.9 Å². The molecule has 2 aromatic carbocycles. The number of esters is 1. The lowest BCUT2D eigenvalue weighted by atomic mass is 10.2. The number of halogens is 1. The molecule has 0 amide bonds. The number of methoxy groups -OCH3 is 1. The van der Waals surface area contributed by atoms with Gasteiger partial charge in [0.1, 0.15) is 23.1 Å². The van der Waals surface area contributed by atoms with Crippen LogP contribution in [-0.2, 0) is 21.4 Å². The van der Waals surface area contributed by atoms with Crippen molar-refractivity contribution in [3.8, 4) is 5.75 Å². The van der Waals surface area contributed by atoms with Gasteiger partial charge in [-0.1, -0.05) is 12.1 Å². The molecular weight excluding hydrogens is 337 g/mol. The molecule has 0 fully saturated rings. The summed E-state index contributed by atoms with van der Waals surface area (Å²) in [5, 5.41) is 0. The summed E-state index contributed by atoms with van der Waals surface area (Å²) in [5.41, 5.74) is 0.529. The SMILES string of the molecule is CNS(=O)(=O)c1cc(C(=O)OCc2cccc(F)c2)ccc1OC. The number of rotatable bonds is 6. The molecule has 0 saturated carbocycles. The normalized spacial score (nSPS) is 11.1. The summed E-state index contributed by atoms with van der Waals surface area (Å²) in [7, 11) is -1.22. The molecule has 24 heavy (non-hydrogen) atoms. The van der Waals surface area contributed by atoms with E-state index in [-0.39, 0.29) is 22.8 Å². The lowest BCUT2D eigenvalue weighted by Crippen LogP contribution is -2.20. The molecule has 1 N–H and O–H groups in total. The molecule has 2 rings (SSSR count). The van der Waals surface area contributed by atoms with Gasteiger partial charge in [-0.25, -0.2) is 22.3 Å². The minimum absolute atomic E-state index is 0.0426. The fourth-order valence-corrected chi connectivity index (χ4v) is 2.90. The van der Waals surface area contributed by atoms with Crippen LogP contribution in [0.4, 0.5) is 4.39 Å². The highest BCUT2D eigenvalue weighted by Crippen LogP contribution is 2.25. The quantitative estimate of drug-likeness (QED) is 0.805. The van der Waals surface area contributed by atoms with Gasteiger partial charge in [-0.15, -0.1) is 0 Å². The Balaban J connectivity index is 2.22. The van der Waals surface area contributed by atoms with E-state index in [9.17, 15) is 17.6 Å². The van der Waals surface area contributed by atoms with E-state index in [1.807, 2.05) is 0 Å². The summed E-state index contributed by atoms with van der Waals surface area (Å²) < 4.78 is 49.3. The van der Waals surface area contributed by atoms with Crippen LogP contribution in [0.5, 0.6) is 5.75 Å². The Morgan fingerprint density at radius 2 is 1.96 bits per heavy atom. The molecule has 2 aromatic rings. The Morgan fingerprint density at radius 3 is 2.58 bits per heavy atom. The van der Waals surface area contributed by atoms with E-state index < -0.39 is 21.8 Å². The molecule has 128 valence electrons. The minimum Gasteiger partial charge on any atom is -0.495 e. The van der Waals surface area contributed by atoms with Crippen molar-refractivity contribution >= 4 is 16.0 Å². The smallest absolute Gasteiger partial charge is 0.338 e. The third-order valence-electron chi connectivity index (χ3n) is 3.22. The van der Waals surface area contributed by atoms with E-state index >= 15 is 0 Å². The topological polar surface area (TPSA) is 81.7 Å². The predicted octanol–water partition coefficient (Wildman–Crippen LogP) is 2.10. The number of sulfonamides is 1. The van der Waals surface area contributed by atoms with Crippen molar-refractivity contribution < 1.29 is 27.1 Å². The third-order valence-corrected chi connectivity index (χ3v) is 4.65. The first kappa shape index (κ1) is 17.9. The molecule has 0 aliphatic heterocycles. The standard InChI is InChI=1S/C16H16FNO5S/c1-18-24(20,21)15-9-12(6-7-14(15)22-2)16(19)23-10-11-4-3-5-13(17)8-11/h3-9,18H,10H2,1-2H3. The summed E-state index contributed by atoms with van der Waals surface area (Å²) in [4.78, 5) is 11.9. The maximum atomic E-state index is 13.1. The van der Waals surface area contributed by atoms with Gasteiger partial charge in [-0.3, -0.25) is 0 Å².